The first-order valence-electron chi connectivity index (χ1n) is 7.33. The van der Waals surface area contributed by atoms with Gasteiger partial charge in [-0.3, -0.25) is 4.79 Å². The van der Waals surface area contributed by atoms with Crippen LogP contribution >= 0.6 is 0 Å². The highest BCUT2D eigenvalue weighted by atomic mass is 16.5. The van der Waals surface area contributed by atoms with Gasteiger partial charge in [0.2, 0.25) is 0 Å². The van der Waals surface area contributed by atoms with E-state index < -0.39 is 0 Å². The largest absolute Gasteiger partial charge is 0.497 e. The van der Waals surface area contributed by atoms with E-state index in [1.807, 2.05) is 25.1 Å². The molecule has 0 atom stereocenters. The van der Waals surface area contributed by atoms with Gasteiger partial charge in [0.15, 0.2) is 0 Å². The van der Waals surface area contributed by atoms with E-state index in [-0.39, 0.29) is 5.56 Å². The summed E-state index contributed by atoms with van der Waals surface area (Å²) in [7, 11) is 7.12. The molecular formula is C16H20N4O3. The van der Waals surface area contributed by atoms with Gasteiger partial charge in [-0.15, -0.1) is 0 Å². The number of benzene rings is 1. The van der Waals surface area contributed by atoms with Gasteiger partial charge in [0, 0.05) is 24.1 Å². The van der Waals surface area contributed by atoms with Crippen molar-refractivity contribution in [2.24, 2.45) is 0 Å². The maximum absolute atomic E-state index is 12.6. The van der Waals surface area contributed by atoms with Crippen LogP contribution in [-0.2, 0) is 6.54 Å². The average Bonchev–Trinajstić information content (AvgIpc) is 2.92. The number of H-pyrrole nitrogens is 1. The molecule has 0 spiro atoms. The number of rotatable bonds is 5. The molecule has 0 unspecified atom stereocenters. The second kappa shape index (κ2) is 5.92. The van der Waals surface area contributed by atoms with Gasteiger partial charge in [0.1, 0.15) is 17.0 Å². The van der Waals surface area contributed by atoms with Gasteiger partial charge < -0.3 is 19.4 Å². The van der Waals surface area contributed by atoms with Gasteiger partial charge in [0.25, 0.3) is 5.56 Å². The van der Waals surface area contributed by atoms with Crippen molar-refractivity contribution in [2.75, 3.05) is 34.9 Å². The number of ether oxygens (including phenoxy) is 2. The molecule has 1 N–H and O–H groups in total. The summed E-state index contributed by atoms with van der Waals surface area (Å²) < 4.78 is 12.2. The molecule has 0 saturated carbocycles. The van der Waals surface area contributed by atoms with E-state index in [4.69, 9.17) is 9.47 Å². The summed E-state index contributed by atoms with van der Waals surface area (Å²) in [6.07, 6.45) is 1.71. The van der Waals surface area contributed by atoms with Crippen LogP contribution in [0.1, 0.15) is 0 Å². The van der Waals surface area contributed by atoms with Crippen molar-refractivity contribution < 1.29 is 9.47 Å². The smallest absolute Gasteiger partial charge is 0.291 e. The summed E-state index contributed by atoms with van der Waals surface area (Å²) in [5.74, 6) is 1.32. The van der Waals surface area contributed by atoms with Crippen LogP contribution in [0.25, 0.3) is 21.8 Å². The quantitative estimate of drug-likeness (QED) is 0.771. The summed E-state index contributed by atoms with van der Waals surface area (Å²) in [6.45, 7) is 1.29. The highest BCUT2D eigenvalue weighted by Gasteiger charge is 2.15. The predicted molar refractivity (Wildman–Crippen MR) is 89.5 cm³/mol. The molecule has 0 bridgehead atoms. The van der Waals surface area contributed by atoms with Crippen molar-refractivity contribution in [1.29, 1.82) is 0 Å². The lowest BCUT2D eigenvalue weighted by atomic mass is 10.2. The van der Waals surface area contributed by atoms with Crippen LogP contribution in [0, 0.1) is 0 Å². The van der Waals surface area contributed by atoms with Crippen LogP contribution < -0.4 is 15.0 Å². The van der Waals surface area contributed by atoms with Crippen LogP contribution in [-0.4, -0.2) is 54.5 Å². The Balaban J connectivity index is 2.23. The fourth-order valence-electron chi connectivity index (χ4n) is 2.63. The number of methoxy groups -OCH3 is 2. The lowest BCUT2D eigenvalue weighted by Crippen LogP contribution is -2.28. The zero-order chi connectivity index (χ0) is 16.6. The Bertz CT molecular complexity index is 911. The summed E-state index contributed by atoms with van der Waals surface area (Å²) in [5.41, 5.74) is 1.18. The van der Waals surface area contributed by atoms with Crippen LogP contribution in [0.2, 0.25) is 0 Å². The third kappa shape index (κ3) is 2.63. The number of hydrogen-bond acceptors (Lipinski definition) is 5. The zero-order valence-electron chi connectivity index (χ0n) is 13.7. The Morgan fingerprint density at radius 1 is 1.26 bits per heavy atom. The monoisotopic (exact) mass is 316 g/mol. The Morgan fingerprint density at radius 3 is 2.70 bits per heavy atom. The second-order valence-electron chi connectivity index (χ2n) is 5.64. The molecule has 3 rings (SSSR count). The number of hydrogen-bond donors (Lipinski definition) is 1. The molecule has 0 aliphatic rings. The van der Waals surface area contributed by atoms with Crippen molar-refractivity contribution in [3.63, 3.8) is 0 Å². The van der Waals surface area contributed by atoms with Crippen molar-refractivity contribution in [2.45, 2.75) is 6.54 Å². The van der Waals surface area contributed by atoms with Crippen molar-refractivity contribution in [3.05, 3.63) is 28.7 Å². The van der Waals surface area contributed by atoms with E-state index in [0.29, 0.717) is 23.6 Å². The van der Waals surface area contributed by atoms with E-state index in [1.165, 1.54) is 4.68 Å². The van der Waals surface area contributed by atoms with Gasteiger partial charge in [-0.25, -0.2) is 4.68 Å². The van der Waals surface area contributed by atoms with Crippen molar-refractivity contribution in [3.8, 4) is 11.5 Å². The minimum atomic E-state index is -0.137. The van der Waals surface area contributed by atoms with Crippen molar-refractivity contribution >= 4 is 21.8 Å². The minimum absolute atomic E-state index is 0.137. The number of likely N-dealkylation sites (N-methyl/N-ethyl adjacent to an activating group) is 1. The molecule has 0 saturated heterocycles. The molecule has 3 aromatic rings. The third-order valence-corrected chi connectivity index (χ3v) is 3.86. The fraction of sp³-hybridized carbons (Fsp3) is 0.375. The zero-order valence-corrected chi connectivity index (χ0v) is 13.7. The molecule has 0 aliphatic heterocycles. The first kappa shape index (κ1) is 15.4. The second-order valence-corrected chi connectivity index (χ2v) is 5.64. The number of fused-ring (bicyclic) bond motifs is 3. The lowest BCUT2D eigenvalue weighted by molar-refractivity contribution is 0.368. The minimum Gasteiger partial charge on any atom is -0.497 e. The molecule has 7 heteroatoms. The lowest BCUT2D eigenvalue weighted by Gasteiger charge is -2.10. The van der Waals surface area contributed by atoms with E-state index in [1.54, 1.807) is 26.5 Å². The molecule has 0 amide bonds. The molecular weight excluding hydrogens is 296 g/mol. The van der Waals surface area contributed by atoms with E-state index >= 15 is 0 Å². The molecule has 0 aliphatic carbocycles. The maximum Gasteiger partial charge on any atom is 0.291 e. The van der Waals surface area contributed by atoms with Gasteiger partial charge in [-0.2, -0.15) is 5.10 Å². The molecule has 2 heterocycles. The van der Waals surface area contributed by atoms with Gasteiger partial charge >= 0.3 is 0 Å². The Hall–Kier alpha value is -2.54. The number of nitrogens with one attached hydrogen (secondary N) is 1. The van der Waals surface area contributed by atoms with Gasteiger partial charge in [-0.05, 0) is 14.1 Å². The summed E-state index contributed by atoms with van der Waals surface area (Å²) >= 11 is 0. The maximum atomic E-state index is 12.6. The van der Waals surface area contributed by atoms with E-state index in [2.05, 4.69) is 10.1 Å². The van der Waals surface area contributed by atoms with Crippen molar-refractivity contribution in [1.82, 2.24) is 19.7 Å². The molecule has 1 aromatic carbocycles. The molecule has 0 radical (unpaired) electrons. The molecule has 0 fully saturated rings. The average molecular weight is 316 g/mol. The van der Waals surface area contributed by atoms with Gasteiger partial charge in [0.05, 0.1) is 37.9 Å². The van der Waals surface area contributed by atoms with Gasteiger partial charge in [-0.1, -0.05) is 0 Å². The predicted octanol–water partition coefficient (Wildman–Crippen LogP) is 1.46. The topological polar surface area (TPSA) is 72.4 Å². The SMILES string of the molecule is COc1cc(OC)c2c(c1)[nH]c1c(=O)n(CCN(C)C)ncc12. The summed E-state index contributed by atoms with van der Waals surface area (Å²) in [4.78, 5) is 17.8. The Morgan fingerprint density at radius 2 is 2.04 bits per heavy atom. The van der Waals surface area contributed by atoms with E-state index in [0.717, 1.165) is 22.8 Å². The first-order chi connectivity index (χ1) is 11.0. The third-order valence-electron chi connectivity index (χ3n) is 3.86. The highest BCUT2D eigenvalue weighted by molar-refractivity contribution is 6.10. The Labute approximate surface area is 133 Å². The molecule has 2 aromatic heterocycles. The summed E-state index contributed by atoms with van der Waals surface area (Å²) in [6, 6.07) is 3.65. The summed E-state index contributed by atoms with van der Waals surface area (Å²) in [5, 5.41) is 5.89. The normalized spacial score (nSPS) is 11.5. The Kier molecular flexibility index (Phi) is 3.96. The fourth-order valence-corrected chi connectivity index (χ4v) is 2.63. The number of aromatic nitrogens is 3. The van der Waals surface area contributed by atoms with Crippen LogP contribution in [0.3, 0.4) is 0 Å². The van der Waals surface area contributed by atoms with Crippen LogP contribution in [0.15, 0.2) is 23.1 Å². The standard InChI is InChI=1S/C16H20N4O3/c1-19(2)5-6-20-16(21)15-11(9-17-20)14-12(18-15)7-10(22-3)8-13(14)23-4/h7-9,18H,5-6H2,1-4H3. The molecule has 122 valence electrons. The number of aromatic amines is 1. The molecule has 23 heavy (non-hydrogen) atoms. The molecule has 7 nitrogen and oxygen atoms in total. The van der Waals surface area contributed by atoms with E-state index in [9.17, 15) is 4.79 Å². The number of nitrogens with zero attached hydrogens (tertiary/aromatic N) is 3. The first-order valence-corrected chi connectivity index (χ1v) is 7.33. The van der Waals surface area contributed by atoms with Crippen LogP contribution in [0.4, 0.5) is 0 Å². The van der Waals surface area contributed by atoms with Crippen LogP contribution in [0.5, 0.6) is 11.5 Å². The highest BCUT2D eigenvalue weighted by Crippen LogP contribution is 2.35.